The number of carbonyl (C=O) groups is 2. The predicted octanol–water partition coefficient (Wildman–Crippen LogP) is 4.08. The van der Waals surface area contributed by atoms with E-state index < -0.39 is 5.97 Å². The lowest BCUT2D eigenvalue weighted by molar-refractivity contribution is -0.112. The molecule has 4 nitrogen and oxygen atoms in total. The minimum Gasteiger partial charge on any atom is -0.478 e. The van der Waals surface area contributed by atoms with Gasteiger partial charge in [-0.1, -0.05) is 29.8 Å². The molecule has 0 aliphatic carbocycles. The molecule has 2 N–H and O–H groups in total. The van der Waals surface area contributed by atoms with Crippen molar-refractivity contribution in [2.75, 3.05) is 5.32 Å². The van der Waals surface area contributed by atoms with Gasteiger partial charge in [-0.2, -0.15) is 0 Å². The average molecular weight is 316 g/mol. The van der Waals surface area contributed by atoms with Gasteiger partial charge in [-0.05, 0) is 48.9 Å². The van der Waals surface area contributed by atoms with E-state index in [1.807, 2.05) is 12.1 Å². The van der Waals surface area contributed by atoms with Crippen molar-refractivity contribution in [3.63, 3.8) is 0 Å². The molecule has 2 aromatic rings. The van der Waals surface area contributed by atoms with Crippen molar-refractivity contribution in [1.29, 1.82) is 0 Å². The van der Waals surface area contributed by atoms with Crippen LogP contribution in [0.1, 0.15) is 22.8 Å². The number of amides is 1. The Hall–Kier alpha value is -2.59. The van der Waals surface area contributed by atoms with Gasteiger partial charge in [-0.15, -0.1) is 0 Å². The molecular weight excluding hydrogens is 302 g/mol. The summed E-state index contributed by atoms with van der Waals surface area (Å²) in [7, 11) is 0. The Morgan fingerprint density at radius 2 is 1.82 bits per heavy atom. The average Bonchev–Trinajstić information content (AvgIpc) is 2.49. The fraction of sp³-hybridized carbons (Fsp3) is 0.0588. The zero-order chi connectivity index (χ0) is 16.1. The van der Waals surface area contributed by atoms with E-state index in [1.165, 1.54) is 12.1 Å². The summed E-state index contributed by atoms with van der Waals surface area (Å²) in [6.07, 6.45) is 1.73. The molecule has 1 amide bonds. The second kappa shape index (κ2) is 6.91. The van der Waals surface area contributed by atoms with Crippen molar-refractivity contribution in [2.45, 2.75) is 6.92 Å². The van der Waals surface area contributed by atoms with E-state index >= 15 is 0 Å². The van der Waals surface area contributed by atoms with E-state index in [0.717, 1.165) is 5.56 Å². The summed E-state index contributed by atoms with van der Waals surface area (Å²) in [5.41, 5.74) is 1.92. The van der Waals surface area contributed by atoms with Crippen LogP contribution in [0.3, 0.4) is 0 Å². The topological polar surface area (TPSA) is 66.4 Å². The third kappa shape index (κ3) is 4.20. The zero-order valence-electron chi connectivity index (χ0n) is 11.8. The largest absolute Gasteiger partial charge is 0.478 e. The smallest absolute Gasteiger partial charge is 0.335 e. The first-order chi connectivity index (χ1) is 10.5. The normalized spacial score (nSPS) is 11.1. The van der Waals surface area contributed by atoms with Crippen molar-refractivity contribution in [3.05, 3.63) is 70.3 Å². The highest BCUT2D eigenvalue weighted by atomic mass is 35.5. The number of hydrogen-bond acceptors (Lipinski definition) is 2. The van der Waals surface area contributed by atoms with E-state index in [1.54, 1.807) is 37.3 Å². The Labute approximate surface area is 133 Å². The molecule has 112 valence electrons. The van der Waals surface area contributed by atoms with Gasteiger partial charge in [0.05, 0.1) is 5.56 Å². The van der Waals surface area contributed by atoms with Crippen LogP contribution in [-0.2, 0) is 4.79 Å². The number of hydrogen-bond donors (Lipinski definition) is 2. The van der Waals surface area contributed by atoms with Gasteiger partial charge in [-0.3, -0.25) is 4.79 Å². The molecule has 0 spiro atoms. The number of aromatic carboxylic acids is 1. The molecule has 5 heteroatoms. The van der Waals surface area contributed by atoms with Crippen molar-refractivity contribution in [3.8, 4) is 0 Å². The minimum absolute atomic E-state index is 0.122. The molecule has 0 fully saturated rings. The van der Waals surface area contributed by atoms with Crippen LogP contribution in [0.2, 0.25) is 5.02 Å². The quantitative estimate of drug-likeness (QED) is 0.835. The van der Waals surface area contributed by atoms with Crippen molar-refractivity contribution < 1.29 is 14.7 Å². The number of nitrogens with one attached hydrogen (secondary N) is 1. The van der Waals surface area contributed by atoms with Gasteiger partial charge in [-0.25, -0.2) is 4.79 Å². The Kier molecular flexibility index (Phi) is 4.96. The summed E-state index contributed by atoms with van der Waals surface area (Å²) >= 11 is 5.81. The van der Waals surface area contributed by atoms with Gasteiger partial charge >= 0.3 is 5.97 Å². The van der Waals surface area contributed by atoms with Crippen molar-refractivity contribution in [2.24, 2.45) is 0 Å². The van der Waals surface area contributed by atoms with Gasteiger partial charge in [0.1, 0.15) is 0 Å². The maximum Gasteiger partial charge on any atom is 0.335 e. The SMILES string of the molecule is C/C(=C\c1ccc(Cl)cc1)C(=O)Nc1cccc(C(=O)O)c1. The summed E-state index contributed by atoms with van der Waals surface area (Å²) in [5, 5.41) is 12.2. The molecule has 0 atom stereocenters. The van der Waals surface area contributed by atoms with Crippen LogP contribution in [0.15, 0.2) is 54.1 Å². The standard InChI is InChI=1S/C17H14ClNO3/c1-11(9-12-5-7-14(18)8-6-12)16(20)19-15-4-2-3-13(10-15)17(21)22/h2-10H,1H3,(H,19,20)(H,21,22)/b11-9+. The van der Waals surface area contributed by atoms with Crippen LogP contribution in [0.5, 0.6) is 0 Å². The highest BCUT2D eigenvalue weighted by molar-refractivity contribution is 6.30. The summed E-state index contributed by atoms with van der Waals surface area (Å²) < 4.78 is 0. The molecule has 0 saturated carbocycles. The van der Waals surface area contributed by atoms with Crippen LogP contribution in [0, 0.1) is 0 Å². The predicted molar refractivity (Wildman–Crippen MR) is 87.1 cm³/mol. The summed E-state index contributed by atoms with van der Waals surface area (Å²) in [4.78, 5) is 23.0. The molecule has 0 unspecified atom stereocenters. The maximum absolute atomic E-state index is 12.1. The number of carboxylic acid groups (broad SMARTS) is 1. The molecule has 0 saturated heterocycles. The minimum atomic E-state index is -1.04. The first-order valence-electron chi connectivity index (χ1n) is 6.54. The van der Waals surface area contributed by atoms with Crippen LogP contribution in [0.4, 0.5) is 5.69 Å². The van der Waals surface area contributed by atoms with Gasteiger partial charge in [0.15, 0.2) is 0 Å². The third-order valence-corrected chi connectivity index (χ3v) is 3.23. The molecule has 0 aliphatic heterocycles. The van der Waals surface area contributed by atoms with Crippen molar-refractivity contribution in [1.82, 2.24) is 0 Å². The van der Waals surface area contributed by atoms with E-state index in [2.05, 4.69) is 5.32 Å². The number of anilines is 1. The van der Waals surface area contributed by atoms with Gasteiger partial charge in [0.2, 0.25) is 0 Å². The molecule has 0 bridgehead atoms. The summed E-state index contributed by atoms with van der Waals surface area (Å²) in [6.45, 7) is 1.69. The monoisotopic (exact) mass is 315 g/mol. The number of carbonyl (C=O) groups excluding carboxylic acids is 1. The lowest BCUT2D eigenvalue weighted by Crippen LogP contribution is -2.13. The molecule has 0 aromatic heterocycles. The molecular formula is C17H14ClNO3. The Morgan fingerprint density at radius 3 is 2.45 bits per heavy atom. The Balaban J connectivity index is 2.12. The van der Waals surface area contributed by atoms with E-state index in [-0.39, 0.29) is 11.5 Å². The Bertz CT molecular complexity index is 736. The van der Waals surface area contributed by atoms with Gasteiger partial charge < -0.3 is 10.4 Å². The molecule has 2 aromatic carbocycles. The highest BCUT2D eigenvalue weighted by Crippen LogP contribution is 2.15. The van der Waals surface area contributed by atoms with E-state index in [4.69, 9.17) is 16.7 Å². The number of benzene rings is 2. The highest BCUT2D eigenvalue weighted by Gasteiger charge is 2.08. The number of carboxylic acids is 1. The number of halogens is 1. The third-order valence-electron chi connectivity index (χ3n) is 2.98. The molecule has 2 rings (SSSR count). The van der Waals surface area contributed by atoms with Crippen LogP contribution in [0.25, 0.3) is 6.08 Å². The van der Waals surface area contributed by atoms with Crippen LogP contribution < -0.4 is 5.32 Å². The second-order valence-corrected chi connectivity index (χ2v) is 5.16. The first kappa shape index (κ1) is 15.8. The summed E-state index contributed by atoms with van der Waals surface area (Å²) in [5.74, 6) is -1.33. The van der Waals surface area contributed by atoms with E-state index in [9.17, 15) is 9.59 Å². The summed E-state index contributed by atoms with van der Waals surface area (Å²) in [6, 6.07) is 13.2. The molecule has 0 radical (unpaired) electrons. The zero-order valence-corrected chi connectivity index (χ0v) is 12.6. The van der Waals surface area contributed by atoms with Gasteiger partial charge in [0, 0.05) is 16.3 Å². The fourth-order valence-corrected chi connectivity index (χ4v) is 1.96. The van der Waals surface area contributed by atoms with Crippen LogP contribution in [-0.4, -0.2) is 17.0 Å². The Morgan fingerprint density at radius 1 is 1.14 bits per heavy atom. The maximum atomic E-state index is 12.1. The fourth-order valence-electron chi connectivity index (χ4n) is 1.83. The number of rotatable bonds is 4. The first-order valence-corrected chi connectivity index (χ1v) is 6.92. The molecule has 22 heavy (non-hydrogen) atoms. The molecule has 0 heterocycles. The lowest BCUT2D eigenvalue weighted by Gasteiger charge is -2.06. The molecule has 0 aliphatic rings. The van der Waals surface area contributed by atoms with Crippen LogP contribution >= 0.6 is 11.6 Å². The lowest BCUT2D eigenvalue weighted by atomic mass is 10.1. The van der Waals surface area contributed by atoms with Crippen molar-refractivity contribution >= 4 is 35.2 Å². The van der Waals surface area contributed by atoms with Gasteiger partial charge in [0.25, 0.3) is 5.91 Å². The van der Waals surface area contributed by atoms with E-state index in [0.29, 0.717) is 16.3 Å². The second-order valence-electron chi connectivity index (χ2n) is 4.72.